The summed E-state index contributed by atoms with van der Waals surface area (Å²) in [5, 5.41) is 14.2. The molecule has 1 fully saturated rings. The molecular weight excluding hydrogens is 350 g/mol. The average molecular weight is 384 g/mol. The molecule has 4 nitrogen and oxygen atoms in total. The monoisotopic (exact) mass is 383 g/mol. The van der Waals surface area contributed by atoms with Gasteiger partial charge in [-0.15, -0.1) is 0 Å². The molecule has 1 aliphatic rings. The summed E-state index contributed by atoms with van der Waals surface area (Å²) < 4.78 is 6.29. The van der Waals surface area contributed by atoms with Crippen molar-refractivity contribution in [3.05, 3.63) is 42.0 Å². The minimum atomic E-state index is -0.773. The van der Waals surface area contributed by atoms with Crippen molar-refractivity contribution in [3.8, 4) is 5.75 Å². The third kappa shape index (κ3) is 5.71. The molecule has 0 heterocycles. The highest BCUT2D eigenvalue weighted by Crippen LogP contribution is 2.39. The van der Waals surface area contributed by atoms with Gasteiger partial charge < -0.3 is 15.2 Å². The zero-order valence-electron chi connectivity index (χ0n) is 17.3. The van der Waals surface area contributed by atoms with Crippen molar-refractivity contribution < 1.29 is 14.6 Å². The highest BCUT2D eigenvalue weighted by molar-refractivity contribution is 5.84. The summed E-state index contributed by atoms with van der Waals surface area (Å²) in [7, 11) is 0. The summed E-state index contributed by atoms with van der Waals surface area (Å²) in [5.74, 6) is 0.982. The summed E-state index contributed by atoms with van der Waals surface area (Å²) in [6.07, 6.45) is 5.25. The van der Waals surface area contributed by atoms with Gasteiger partial charge in [-0.25, -0.2) is 0 Å². The van der Waals surface area contributed by atoms with Crippen LogP contribution in [0.2, 0.25) is 0 Å². The minimum Gasteiger partial charge on any atom is -0.490 e. The van der Waals surface area contributed by atoms with Crippen LogP contribution in [0.15, 0.2) is 36.4 Å². The van der Waals surface area contributed by atoms with Crippen LogP contribution in [0.3, 0.4) is 0 Å². The first-order valence-corrected chi connectivity index (χ1v) is 10.4. The molecule has 0 saturated heterocycles. The van der Waals surface area contributed by atoms with Crippen molar-refractivity contribution in [1.82, 2.24) is 5.32 Å². The second-order valence-electron chi connectivity index (χ2n) is 9.12. The summed E-state index contributed by atoms with van der Waals surface area (Å²) in [5.41, 5.74) is 1.56. The van der Waals surface area contributed by atoms with Gasteiger partial charge in [-0.05, 0) is 71.6 Å². The fourth-order valence-electron chi connectivity index (χ4n) is 4.12. The predicted octanol–water partition coefficient (Wildman–Crippen LogP) is 5.39. The van der Waals surface area contributed by atoms with Crippen LogP contribution in [0.1, 0.15) is 58.4 Å². The molecule has 0 unspecified atom stereocenters. The van der Waals surface area contributed by atoms with Crippen molar-refractivity contribution in [2.24, 2.45) is 11.3 Å². The van der Waals surface area contributed by atoms with Crippen LogP contribution >= 0.6 is 0 Å². The maximum Gasteiger partial charge on any atom is 0.304 e. The average Bonchev–Trinajstić information content (AvgIpc) is 2.65. The Morgan fingerprint density at radius 2 is 1.75 bits per heavy atom. The van der Waals surface area contributed by atoms with E-state index in [0.29, 0.717) is 24.6 Å². The van der Waals surface area contributed by atoms with E-state index in [1.807, 2.05) is 0 Å². The van der Waals surface area contributed by atoms with Gasteiger partial charge in [-0.1, -0.05) is 39.0 Å². The second-order valence-corrected chi connectivity index (χ2v) is 9.12. The van der Waals surface area contributed by atoms with Gasteiger partial charge in [0.1, 0.15) is 5.75 Å². The number of carbonyl (C=O) groups is 1. The van der Waals surface area contributed by atoms with Gasteiger partial charge in [-0.2, -0.15) is 0 Å². The van der Waals surface area contributed by atoms with Gasteiger partial charge in [0.2, 0.25) is 0 Å². The van der Waals surface area contributed by atoms with E-state index in [9.17, 15) is 4.79 Å². The molecule has 1 aliphatic carbocycles. The van der Waals surface area contributed by atoms with Gasteiger partial charge in [0.05, 0.1) is 12.5 Å². The fraction of sp³-hybridized carbons (Fsp3) is 0.542. The smallest absolute Gasteiger partial charge is 0.304 e. The number of carboxylic acids is 1. The van der Waals surface area contributed by atoms with Gasteiger partial charge in [0, 0.05) is 13.1 Å². The molecule has 3 rings (SSSR count). The van der Waals surface area contributed by atoms with Crippen molar-refractivity contribution in [2.45, 2.75) is 65.5 Å². The number of aliphatic carboxylic acids is 1. The lowest BCUT2D eigenvalue weighted by molar-refractivity contribution is -0.136. The van der Waals surface area contributed by atoms with Gasteiger partial charge in [0.15, 0.2) is 0 Å². The lowest BCUT2D eigenvalue weighted by atomic mass is 9.72. The number of carboxylic acid groups (broad SMARTS) is 1. The molecule has 0 spiro atoms. The number of ether oxygens (including phenoxy) is 1. The Morgan fingerprint density at radius 3 is 2.43 bits per heavy atom. The fourth-order valence-corrected chi connectivity index (χ4v) is 4.12. The Bertz CT molecular complexity index is 801. The van der Waals surface area contributed by atoms with E-state index in [-0.39, 0.29) is 6.42 Å². The van der Waals surface area contributed by atoms with Crippen LogP contribution in [-0.2, 0) is 11.3 Å². The topological polar surface area (TPSA) is 58.6 Å². The summed E-state index contributed by atoms with van der Waals surface area (Å²) in [4.78, 5) is 10.6. The SMILES string of the molecule is CC(C)(C)C1CCC(Oc2ccc3cc(CNCCC(=O)O)ccc3c2)CC1. The molecule has 2 aromatic rings. The van der Waals surface area contributed by atoms with E-state index < -0.39 is 5.97 Å². The van der Waals surface area contributed by atoms with E-state index in [0.717, 1.165) is 30.1 Å². The standard InChI is InChI=1S/C24H33NO3/c1-24(2,3)20-7-10-21(11-8-20)28-22-9-6-18-14-17(4-5-19(18)15-22)16-25-13-12-23(26)27/h4-6,9,14-15,20-21,25H,7-8,10-13,16H2,1-3H3,(H,26,27). The Hall–Kier alpha value is -2.07. The van der Waals surface area contributed by atoms with Crippen LogP contribution in [0.5, 0.6) is 5.75 Å². The van der Waals surface area contributed by atoms with Crippen molar-refractivity contribution in [1.29, 1.82) is 0 Å². The maximum atomic E-state index is 10.6. The number of benzene rings is 2. The molecule has 1 saturated carbocycles. The van der Waals surface area contributed by atoms with Gasteiger partial charge >= 0.3 is 5.97 Å². The molecule has 28 heavy (non-hydrogen) atoms. The highest BCUT2D eigenvalue weighted by Gasteiger charge is 2.30. The molecular formula is C24H33NO3. The lowest BCUT2D eigenvalue weighted by Gasteiger charge is -2.37. The van der Waals surface area contributed by atoms with E-state index >= 15 is 0 Å². The normalized spacial score (nSPS) is 20.2. The lowest BCUT2D eigenvalue weighted by Crippen LogP contribution is -2.30. The number of hydrogen-bond donors (Lipinski definition) is 2. The molecule has 152 valence electrons. The van der Waals surface area contributed by atoms with E-state index in [2.05, 4.69) is 62.5 Å². The zero-order chi connectivity index (χ0) is 20.1. The summed E-state index contributed by atoms with van der Waals surface area (Å²) >= 11 is 0. The Kier molecular flexibility index (Phi) is 6.61. The van der Waals surface area contributed by atoms with Crippen molar-refractivity contribution in [3.63, 3.8) is 0 Å². The van der Waals surface area contributed by atoms with E-state index in [1.54, 1.807) is 0 Å². The van der Waals surface area contributed by atoms with Crippen molar-refractivity contribution >= 4 is 16.7 Å². The third-order valence-corrected chi connectivity index (χ3v) is 5.92. The quantitative estimate of drug-likeness (QED) is 0.630. The minimum absolute atomic E-state index is 0.145. The van der Waals surface area contributed by atoms with Crippen LogP contribution in [0, 0.1) is 11.3 Å². The van der Waals surface area contributed by atoms with Crippen LogP contribution in [0.4, 0.5) is 0 Å². The molecule has 0 aliphatic heterocycles. The zero-order valence-corrected chi connectivity index (χ0v) is 17.3. The van der Waals surface area contributed by atoms with Gasteiger partial charge in [0.25, 0.3) is 0 Å². The van der Waals surface area contributed by atoms with E-state index in [4.69, 9.17) is 9.84 Å². The first-order chi connectivity index (χ1) is 13.3. The Morgan fingerprint density at radius 1 is 1.07 bits per heavy atom. The summed E-state index contributed by atoms with van der Waals surface area (Å²) in [6, 6.07) is 12.7. The maximum absolute atomic E-state index is 10.6. The number of fused-ring (bicyclic) bond motifs is 1. The number of hydrogen-bond acceptors (Lipinski definition) is 3. The summed E-state index contributed by atoms with van der Waals surface area (Å²) in [6.45, 7) is 8.20. The van der Waals surface area contributed by atoms with Crippen molar-refractivity contribution in [2.75, 3.05) is 6.54 Å². The number of nitrogens with one attached hydrogen (secondary N) is 1. The second kappa shape index (κ2) is 8.95. The van der Waals surface area contributed by atoms with Crippen LogP contribution in [-0.4, -0.2) is 23.7 Å². The third-order valence-electron chi connectivity index (χ3n) is 5.92. The van der Waals surface area contributed by atoms with Crippen LogP contribution < -0.4 is 10.1 Å². The molecule has 4 heteroatoms. The first kappa shape index (κ1) is 20.7. The Balaban J connectivity index is 1.56. The van der Waals surface area contributed by atoms with Gasteiger partial charge in [-0.3, -0.25) is 4.79 Å². The highest BCUT2D eigenvalue weighted by atomic mass is 16.5. The number of rotatable bonds is 7. The predicted molar refractivity (Wildman–Crippen MR) is 114 cm³/mol. The largest absolute Gasteiger partial charge is 0.490 e. The molecule has 0 amide bonds. The molecule has 0 atom stereocenters. The van der Waals surface area contributed by atoms with E-state index in [1.165, 1.54) is 23.6 Å². The molecule has 0 aromatic heterocycles. The molecule has 0 radical (unpaired) electrons. The molecule has 0 bridgehead atoms. The molecule has 2 aromatic carbocycles. The Labute approximate surface area is 168 Å². The molecule has 2 N–H and O–H groups in total. The van der Waals surface area contributed by atoms with Crippen LogP contribution in [0.25, 0.3) is 10.8 Å². The first-order valence-electron chi connectivity index (χ1n) is 10.4.